The Morgan fingerprint density at radius 3 is 2.75 bits per heavy atom. The summed E-state index contributed by atoms with van der Waals surface area (Å²) in [5.74, 6) is 0. The van der Waals surface area contributed by atoms with E-state index in [-0.39, 0.29) is 4.83 Å². The van der Waals surface area contributed by atoms with Gasteiger partial charge >= 0.3 is 0 Å². The molecule has 16 heavy (non-hydrogen) atoms. The standard InChI is InChI=1S/C12H10Br2ClN/c1-7-8-4-2-3-5-10(8)16-12(15)11(7)9(14)6-13/h2-5,9H,6H2,1H3. The summed E-state index contributed by atoms with van der Waals surface area (Å²) < 4.78 is 0. The van der Waals surface area contributed by atoms with Gasteiger partial charge in [-0.15, -0.1) is 0 Å². The van der Waals surface area contributed by atoms with Gasteiger partial charge in [0.15, 0.2) is 0 Å². The first kappa shape index (κ1) is 12.3. The maximum Gasteiger partial charge on any atom is 0.134 e. The Labute approximate surface area is 116 Å². The molecule has 0 spiro atoms. The number of aryl methyl sites for hydroxylation is 1. The van der Waals surface area contributed by atoms with Crippen LogP contribution in [0, 0.1) is 6.92 Å². The lowest BCUT2D eigenvalue weighted by Gasteiger charge is -2.14. The number of benzene rings is 1. The average Bonchev–Trinajstić information content (AvgIpc) is 2.28. The van der Waals surface area contributed by atoms with Crippen LogP contribution < -0.4 is 0 Å². The fraction of sp³-hybridized carbons (Fsp3) is 0.250. The van der Waals surface area contributed by atoms with E-state index in [1.165, 1.54) is 5.56 Å². The number of aromatic nitrogens is 1. The van der Waals surface area contributed by atoms with Crippen molar-refractivity contribution in [3.05, 3.63) is 40.5 Å². The predicted molar refractivity (Wildman–Crippen MR) is 77.0 cm³/mol. The molecule has 4 heteroatoms. The van der Waals surface area contributed by atoms with Crippen molar-refractivity contribution in [2.45, 2.75) is 11.8 Å². The Kier molecular flexibility index (Phi) is 3.88. The minimum atomic E-state index is 0.192. The zero-order chi connectivity index (χ0) is 11.7. The van der Waals surface area contributed by atoms with E-state index in [9.17, 15) is 0 Å². The van der Waals surface area contributed by atoms with E-state index in [1.807, 2.05) is 18.2 Å². The van der Waals surface area contributed by atoms with Crippen molar-refractivity contribution in [1.82, 2.24) is 4.98 Å². The highest BCUT2D eigenvalue weighted by molar-refractivity contribution is 9.12. The van der Waals surface area contributed by atoms with Crippen molar-refractivity contribution in [1.29, 1.82) is 0 Å². The van der Waals surface area contributed by atoms with E-state index >= 15 is 0 Å². The molecule has 0 aliphatic heterocycles. The summed E-state index contributed by atoms with van der Waals surface area (Å²) in [7, 11) is 0. The Morgan fingerprint density at radius 2 is 2.06 bits per heavy atom. The maximum absolute atomic E-state index is 6.22. The van der Waals surface area contributed by atoms with Crippen LogP contribution in [-0.2, 0) is 0 Å². The van der Waals surface area contributed by atoms with Crippen LogP contribution in [0.2, 0.25) is 5.15 Å². The first-order valence-corrected chi connectivity index (χ1v) is 7.31. The van der Waals surface area contributed by atoms with Crippen molar-refractivity contribution in [2.75, 3.05) is 5.33 Å². The molecule has 0 saturated carbocycles. The molecule has 1 nitrogen and oxygen atoms in total. The van der Waals surface area contributed by atoms with Crippen LogP contribution in [0.25, 0.3) is 10.9 Å². The largest absolute Gasteiger partial charge is 0.236 e. The van der Waals surface area contributed by atoms with Crippen molar-refractivity contribution < 1.29 is 0 Å². The molecule has 0 fully saturated rings. The molecular formula is C12H10Br2ClN. The van der Waals surface area contributed by atoms with Crippen LogP contribution >= 0.6 is 43.5 Å². The number of hydrogen-bond donors (Lipinski definition) is 0. The smallest absolute Gasteiger partial charge is 0.134 e. The number of alkyl halides is 2. The van der Waals surface area contributed by atoms with Gasteiger partial charge < -0.3 is 0 Å². The zero-order valence-electron chi connectivity index (χ0n) is 8.67. The molecule has 1 unspecified atom stereocenters. The molecule has 2 aromatic rings. The van der Waals surface area contributed by atoms with Crippen molar-refractivity contribution in [2.24, 2.45) is 0 Å². The molecule has 0 aliphatic carbocycles. The lowest BCUT2D eigenvalue weighted by molar-refractivity contribution is 1.10. The predicted octanol–water partition coefficient (Wildman–Crippen LogP) is 5.03. The summed E-state index contributed by atoms with van der Waals surface area (Å²) >= 11 is 13.3. The molecule has 1 aromatic carbocycles. The van der Waals surface area contributed by atoms with Crippen LogP contribution in [0.15, 0.2) is 24.3 Å². The Hall–Kier alpha value is -0.120. The fourth-order valence-corrected chi connectivity index (χ4v) is 3.18. The third kappa shape index (κ3) is 2.13. The summed E-state index contributed by atoms with van der Waals surface area (Å²) in [5.41, 5.74) is 3.21. The monoisotopic (exact) mass is 361 g/mol. The quantitative estimate of drug-likeness (QED) is 0.539. The van der Waals surface area contributed by atoms with Crippen molar-refractivity contribution in [3.8, 4) is 0 Å². The Balaban J connectivity index is 2.75. The van der Waals surface area contributed by atoms with Crippen molar-refractivity contribution in [3.63, 3.8) is 0 Å². The summed E-state index contributed by atoms with van der Waals surface area (Å²) in [6, 6.07) is 8.05. The molecule has 84 valence electrons. The highest BCUT2D eigenvalue weighted by Crippen LogP contribution is 2.35. The fourth-order valence-electron chi connectivity index (χ4n) is 1.80. The second kappa shape index (κ2) is 5.03. The highest BCUT2D eigenvalue weighted by Gasteiger charge is 2.16. The van der Waals surface area contributed by atoms with Gasteiger partial charge in [-0.25, -0.2) is 4.98 Å². The van der Waals surface area contributed by atoms with Gasteiger partial charge in [0.25, 0.3) is 0 Å². The van der Waals surface area contributed by atoms with Gasteiger partial charge in [-0.1, -0.05) is 61.7 Å². The third-order valence-electron chi connectivity index (χ3n) is 2.60. The zero-order valence-corrected chi connectivity index (χ0v) is 12.6. The molecule has 0 amide bonds. The lowest BCUT2D eigenvalue weighted by atomic mass is 10.0. The summed E-state index contributed by atoms with van der Waals surface area (Å²) in [5, 5.41) is 2.55. The topological polar surface area (TPSA) is 12.9 Å². The van der Waals surface area contributed by atoms with Crippen LogP contribution in [0.1, 0.15) is 16.0 Å². The van der Waals surface area contributed by atoms with E-state index in [4.69, 9.17) is 11.6 Å². The summed E-state index contributed by atoms with van der Waals surface area (Å²) in [6.07, 6.45) is 0. The number of para-hydroxylation sites is 1. The van der Waals surface area contributed by atoms with Crippen LogP contribution in [0.3, 0.4) is 0 Å². The van der Waals surface area contributed by atoms with Crippen LogP contribution in [-0.4, -0.2) is 10.3 Å². The molecule has 2 rings (SSSR count). The van der Waals surface area contributed by atoms with Gasteiger partial charge in [0.2, 0.25) is 0 Å². The summed E-state index contributed by atoms with van der Waals surface area (Å²) in [4.78, 5) is 4.61. The van der Waals surface area contributed by atoms with E-state index in [2.05, 4.69) is 49.8 Å². The average molecular weight is 363 g/mol. The first-order chi connectivity index (χ1) is 7.65. The van der Waals surface area contributed by atoms with E-state index < -0.39 is 0 Å². The highest BCUT2D eigenvalue weighted by atomic mass is 79.9. The van der Waals surface area contributed by atoms with Crippen molar-refractivity contribution >= 4 is 54.4 Å². The molecule has 1 heterocycles. The maximum atomic E-state index is 6.22. The number of pyridine rings is 1. The Bertz CT molecular complexity index is 528. The molecule has 0 bridgehead atoms. The minimum absolute atomic E-state index is 0.192. The van der Waals surface area contributed by atoms with Gasteiger partial charge in [-0.2, -0.15) is 0 Å². The number of hydrogen-bond acceptors (Lipinski definition) is 1. The van der Waals surface area contributed by atoms with Gasteiger partial charge in [-0.05, 0) is 18.6 Å². The minimum Gasteiger partial charge on any atom is -0.236 e. The van der Waals surface area contributed by atoms with Crippen LogP contribution in [0.5, 0.6) is 0 Å². The molecule has 1 atom stereocenters. The SMILES string of the molecule is Cc1c(C(Br)CBr)c(Cl)nc2ccccc12. The second-order valence-corrected chi connectivity index (χ2v) is 5.69. The summed E-state index contributed by atoms with van der Waals surface area (Å²) in [6.45, 7) is 2.09. The van der Waals surface area contributed by atoms with Gasteiger partial charge in [0.05, 0.1) is 10.3 Å². The molecule has 0 N–H and O–H groups in total. The van der Waals surface area contributed by atoms with E-state index in [1.54, 1.807) is 0 Å². The first-order valence-electron chi connectivity index (χ1n) is 4.90. The molecular weight excluding hydrogens is 353 g/mol. The number of fused-ring (bicyclic) bond motifs is 1. The number of rotatable bonds is 2. The molecule has 1 aromatic heterocycles. The van der Waals surface area contributed by atoms with Crippen LogP contribution in [0.4, 0.5) is 0 Å². The number of halogens is 3. The molecule has 0 saturated heterocycles. The molecule has 0 radical (unpaired) electrons. The normalized spacial score (nSPS) is 13.0. The lowest BCUT2D eigenvalue weighted by Crippen LogP contribution is -1.99. The molecule has 0 aliphatic rings. The third-order valence-corrected chi connectivity index (χ3v) is 5.19. The van der Waals surface area contributed by atoms with E-state index in [0.717, 1.165) is 21.8 Å². The number of nitrogens with zero attached hydrogens (tertiary/aromatic N) is 1. The van der Waals surface area contributed by atoms with Gasteiger partial charge in [-0.3, -0.25) is 0 Å². The second-order valence-electron chi connectivity index (χ2n) is 3.58. The van der Waals surface area contributed by atoms with Gasteiger partial charge in [0.1, 0.15) is 5.15 Å². The Morgan fingerprint density at radius 1 is 1.38 bits per heavy atom. The van der Waals surface area contributed by atoms with Gasteiger partial charge in [0, 0.05) is 16.3 Å². The van der Waals surface area contributed by atoms with E-state index in [0.29, 0.717) is 5.15 Å².